The van der Waals surface area contributed by atoms with E-state index < -0.39 is 18.0 Å². The Morgan fingerprint density at radius 3 is 2.67 bits per heavy atom. The van der Waals surface area contributed by atoms with Crippen LogP contribution in [0.15, 0.2) is 24.3 Å². The van der Waals surface area contributed by atoms with Crippen molar-refractivity contribution >= 4 is 17.6 Å². The zero-order chi connectivity index (χ0) is 19.2. The van der Waals surface area contributed by atoms with Crippen molar-refractivity contribution in [2.45, 2.75) is 50.4 Å². The molecule has 2 aliphatic rings. The maximum Gasteiger partial charge on any atom is 0.319 e. The molecule has 27 heavy (non-hydrogen) atoms. The van der Waals surface area contributed by atoms with E-state index in [1.807, 2.05) is 0 Å². The summed E-state index contributed by atoms with van der Waals surface area (Å²) in [6, 6.07) is 5.01. The van der Waals surface area contributed by atoms with Crippen LogP contribution in [0.25, 0.3) is 0 Å². The van der Waals surface area contributed by atoms with E-state index in [1.54, 1.807) is 12.1 Å². The molecular weight excluding hydrogens is 353 g/mol. The first-order valence-electron chi connectivity index (χ1n) is 9.43. The van der Waals surface area contributed by atoms with Crippen LogP contribution in [0.2, 0.25) is 0 Å². The second-order valence-electron chi connectivity index (χ2n) is 7.10. The van der Waals surface area contributed by atoms with Gasteiger partial charge in [0.05, 0.1) is 24.4 Å². The van der Waals surface area contributed by atoms with Crippen molar-refractivity contribution < 1.29 is 23.8 Å². The van der Waals surface area contributed by atoms with Crippen molar-refractivity contribution in [3.05, 3.63) is 30.1 Å². The Hall–Kier alpha value is -2.19. The van der Waals surface area contributed by atoms with Gasteiger partial charge in [0, 0.05) is 12.5 Å². The number of anilines is 1. The van der Waals surface area contributed by atoms with Crippen molar-refractivity contribution in [1.82, 2.24) is 10.6 Å². The van der Waals surface area contributed by atoms with E-state index in [9.17, 15) is 19.1 Å². The SMILES string of the molecule is O=C(Nc1ccccc1F)N[C@H]1CC[C@H](CCNC(=O)C2CC2)O[C@H]1CO. The van der Waals surface area contributed by atoms with Crippen LogP contribution in [-0.2, 0) is 9.53 Å². The lowest BCUT2D eigenvalue weighted by atomic mass is 9.97. The molecular formula is C19H26FN3O4. The van der Waals surface area contributed by atoms with Crippen LogP contribution >= 0.6 is 0 Å². The molecule has 0 bridgehead atoms. The van der Waals surface area contributed by atoms with Gasteiger partial charge in [0.15, 0.2) is 0 Å². The van der Waals surface area contributed by atoms with E-state index >= 15 is 0 Å². The molecule has 3 amide bonds. The number of carbonyl (C=O) groups excluding carboxylic acids is 2. The number of carbonyl (C=O) groups is 2. The van der Waals surface area contributed by atoms with Gasteiger partial charge in [-0.1, -0.05) is 12.1 Å². The number of aliphatic hydroxyl groups is 1. The van der Waals surface area contributed by atoms with E-state index in [4.69, 9.17) is 4.74 Å². The summed E-state index contributed by atoms with van der Waals surface area (Å²) in [6.07, 6.45) is 3.35. The van der Waals surface area contributed by atoms with Crippen LogP contribution in [0, 0.1) is 11.7 Å². The molecule has 0 spiro atoms. The van der Waals surface area contributed by atoms with Gasteiger partial charge >= 0.3 is 6.03 Å². The average molecular weight is 379 g/mol. The second-order valence-corrected chi connectivity index (χ2v) is 7.10. The highest BCUT2D eigenvalue weighted by Gasteiger charge is 2.33. The van der Waals surface area contributed by atoms with E-state index in [-0.39, 0.29) is 36.3 Å². The van der Waals surface area contributed by atoms with E-state index in [0.29, 0.717) is 25.8 Å². The number of halogens is 1. The molecule has 0 aromatic heterocycles. The first-order valence-corrected chi connectivity index (χ1v) is 9.43. The minimum absolute atomic E-state index is 0.0747. The van der Waals surface area contributed by atoms with Crippen LogP contribution in [-0.4, -0.2) is 48.4 Å². The van der Waals surface area contributed by atoms with Crippen LogP contribution in [0.4, 0.5) is 14.9 Å². The number of rotatable bonds is 7. The fraction of sp³-hybridized carbons (Fsp3) is 0.579. The zero-order valence-electron chi connectivity index (χ0n) is 15.1. The molecule has 1 heterocycles. The lowest BCUT2D eigenvalue weighted by Crippen LogP contribution is -2.52. The van der Waals surface area contributed by atoms with Gasteiger partial charge in [-0.15, -0.1) is 0 Å². The maximum atomic E-state index is 13.6. The van der Waals surface area contributed by atoms with Crippen molar-refractivity contribution in [3.8, 4) is 0 Å². The number of ether oxygens (including phenoxy) is 1. The van der Waals surface area contributed by atoms with Crippen LogP contribution < -0.4 is 16.0 Å². The molecule has 3 atom stereocenters. The van der Waals surface area contributed by atoms with E-state index in [2.05, 4.69) is 16.0 Å². The third-order valence-corrected chi connectivity index (χ3v) is 4.95. The standard InChI is InChI=1S/C19H26FN3O4/c20-14-3-1-2-4-15(14)22-19(26)23-16-8-7-13(27-17(16)11-24)9-10-21-18(25)12-5-6-12/h1-4,12-13,16-17,24H,5-11H2,(H,21,25)(H2,22,23,26)/t13-,16+,17+/m1/s1. The number of para-hydroxylation sites is 1. The molecule has 4 N–H and O–H groups in total. The Labute approximate surface area is 157 Å². The van der Waals surface area contributed by atoms with Gasteiger partial charge in [0.1, 0.15) is 11.9 Å². The second kappa shape index (κ2) is 9.14. The molecule has 2 fully saturated rings. The third-order valence-electron chi connectivity index (χ3n) is 4.95. The minimum Gasteiger partial charge on any atom is -0.394 e. The summed E-state index contributed by atoms with van der Waals surface area (Å²) in [6.45, 7) is 0.319. The van der Waals surface area contributed by atoms with Gasteiger partial charge in [-0.05, 0) is 44.2 Å². The predicted octanol–water partition coefficient (Wildman–Crippen LogP) is 1.77. The van der Waals surface area contributed by atoms with Gasteiger partial charge in [-0.25, -0.2) is 9.18 Å². The molecule has 1 saturated carbocycles. The average Bonchev–Trinajstić information content (AvgIpc) is 3.50. The number of hydrogen-bond acceptors (Lipinski definition) is 4. The zero-order valence-corrected chi connectivity index (χ0v) is 15.1. The van der Waals surface area contributed by atoms with Crippen molar-refractivity contribution in [1.29, 1.82) is 0 Å². The molecule has 0 unspecified atom stereocenters. The predicted molar refractivity (Wildman–Crippen MR) is 97.7 cm³/mol. The third kappa shape index (κ3) is 5.64. The molecule has 1 aromatic carbocycles. The summed E-state index contributed by atoms with van der Waals surface area (Å²) in [7, 11) is 0. The highest BCUT2D eigenvalue weighted by atomic mass is 19.1. The summed E-state index contributed by atoms with van der Waals surface area (Å²) in [5.41, 5.74) is 0.0940. The quantitative estimate of drug-likeness (QED) is 0.580. The summed E-state index contributed by atoms with van der Waals surface area (Å²) < 4.78 is 19.5. The Bertz CT molecular complexity index is 668. The Morgan fingerprint density at radius 2 is 1.96 bits per heavy atom. The molecule has 1 aromatic rings. The largest absolute Gasteiger partial charge is 0.394 e. The van der Waals surface area contributed by atoms with Crippen LogP contribution in [0.1, 0.15) is 32.1 Å². The minimum atomic E-state index is -0.540. The van der Waals surface area contributed by atoms with Gasteiger partial charge in [-0.2, -0.15) is 0 Å². The molecule has 1 aliphatic heterocycles. The van der Waals surface area contributed by atoms with Crippen molar-refractivity contribution in [2.24, 2.45) is 5.92 Å². The fourth-order valence-corrected chi connectivity index (χ4v) is 3.24. The van der Waals surface area contributed by atoms with E-state index in [1.165, 1.54) is 12.1 Å². The van der Waals surface area contributed by atoms with Crippen molar-refractivity contribution in [3.63, 3.8) is 0 Å². The number of hydrogen-bond donors (Lipinski definition) is 4. The Morgan fingerprint density at radius 1 is 1.19 bits per heavy atom. The van der Waals surface area contributed by atoms with Crippen LogP contribution in [0.5, 0.6) is 0 Å². The number of urea groups is 1. The van der Waals surface area contributed by atoms with Crippen LogP contribution in [0.3, 0.4) is 0 Å². The molecule has 7 nitrogen and oxygen atoms in total. The Kier molecular flexibility index (Phi) is 6.63. The molecule has 8 heteroatoms. The van der Waals surface area contributed by atoms with Gasteiger partial charge in [-0.3, -0.25) is 4.79 Å². The number of benzene rings is 1. The number of nitrogens with one attached hydrogen (secondary N) is 3. The lowest BCUT2D eigenvalue weighted by molar-refractivity contribution is -0.122. The molecule has 1 aliphatic carbocycles. The first kappa shape index (κ1) is 19.6. The first-order chi connectivity index (χ1) is 13.1. The highest BCUT2D eigenvalue weighted by Crippen LogP contribution is 2.29. The van der Waals surface area contributed by atoms with E-state index in [0.717, 1.165) is 12.8 Å². The monoisotopic (exact) mass is 379 g/mol. The Balaban J connectivity index is 1.43. The van der Waals surface area contributed by atoms with Gasteiger partial charge < -0.3 is 25.8 Å². The topological polar surface area (TPSA) is 99.7 Å². The lowest BCUT2D eigenvalue weighted by Gasteiger charge is -2.36. The maximum absolute atomic E-state index is 13.6. The number of aliphatic hydroxyl groups excluding tert-OH is 1. The molecule has 0 radical (unpaired) electrons. The summed E-state index contributed by atoms with van der Waals surface area (Å²) in [5, 5.41) is 17.7. The van der Waals surface area contributed by atoms with Gasteiger partial charge in [0.2, 0.25) is 5.91 Å². The molecule has 3 rings (SSSR count). The summed E-state index contributed by atoms with van der Waals surface area (Å²) in [5.74, 6) is -0.225. The van der Waals surface area contributed by atoms with Gasteiger partial charge in [0.25, 0.3) is 0 Å². The summed E-state index contributed by atoms with van der Waals surface area (Å²) in [4.78, 5) is 23.8. The molecule has 1 saturated heterocycles. The number of amides is 3. The summed E-state index contributed by atoms with van der Waals surface area (Å²) >= 11 is 0. The molecule has 148 valence electrons. The normalized spacial score (nSPS) is 24.9. The van der Waals surface area contributed by atoms with Crippen molar-refractivity contribution in [2.75, 3.05) is 18.5 Å². The fourth-order valence-electron chi connectivity index (χ4n) is 3.24. The smallest absolute Gasteiger partial charge is 0.319 e. The highest BCUT2D eigenvalue weighted by molar-refractivity contribution is 5.89.